The Labute approximate surface area is 74.0 Å². The Morgan fingerprint density at radius 2 is 1.58 bits per heavy atom. The Hall–Kier alpha value is -0.370. The summed E-state index contributed by atoms with van der Waals surface area (Å²) in [5.41, 5.74) is 0. The minimum atomic E-state index is -0.664. The van der Waals surface area contributed by atoms with Gasteiger partial charge < -0.3 is 5.11 Å². The van der Waals surface area contributed by atoms with E-state index in [1.807, 2.05) is 0 Å². The van der Waals surface area contributed by atoms with Crippen LogP contribution in [-0.2, 0) is 4.79 Å². The van der Waals surface area contributed by atoms with E-state index in [1.54, 1.807) is 0 Å². The second kappa shape index (κ2) is 5.31. The molecule has 0 bridgehead atoms. The number of hydrogen-bond donors (Lipinski definition) is 1. The van der Waals surface area contributed by atoms with E-state index in [9.17, 15) is 9.90 Å². The first-order valence-corrected chi connectivity index (χ1v) is 5.01. The molecule has 1 unspecified atom stereocenters. The maximum atomic E-state index is 11.2. The fourth-order valence-electron chi connectivity index (χ4n) is 1.67. The first-order chi connectivity index (χ1) is 5.80. The smallest absolute Gasteiger partial charge is 0.161 e. The van der Waals surface area contributed by atoms with Crippen LogP contribution < -0.4 is 0 Å². The second-order valence-electron chi connectivity index (χ2n) is 3.64. The largest absolute Gasteiger partial charge is 0.385 e. The third-order valence-corrected chi connectivity index (χ3v) is 2.52. The molecule has 12 heavy (non-hydrogen) atoms. The van der Waals surface area contributed by atoms with Crippen LogP contribution >= 0.6 is 0 Å². The van der Waals surface area contributed by atoms with E-state index >= 15 is 0 Å². The Balaban J connectivity index is 2.31. The van der Waals surface area contributed by atoms with Crippen LogP contribution in [-0.4, -0.2) is 17.0 Å². The van der Waals surface area contributed by atoms with Crippen molar-refractivity contribution in [3.8, 4) is 0 Å². The summed E-state index contributed by atoms with van der Waals surface area (Å²) >= 11 is 0. The molecule has 1 aliphatic rings. The van der Waals surface area contributed by atoms with Gasteiger partial charge in [0.1, 0.15) is 6.10 Å². The third-order valence-electron chi connectivity index (χ3n) is 2.52. The van der Waals surface area contributed by atoms with Gasteiger partial charge in [0.25, 0.3) is 0 Å². The molecule has 0 heterocycles. The van der Waals surface area contributed by atoms with Gasteiger partial charge in [0.05, 0.1) is 0 Å². The lowest BCUT2D eigenvalue weighted by molar-refractivity contribution is -0.127. The van der Waals surface area contributed by atoms with Gasteiger partial charge in [-0.1, -0.05) is 32.1 Å². The van der Waals surface area contributed by atoms with Gasteiger partial charge in [-0.3, -0.25) is 4.79 Å². The van der Waals surface area contributed by atoms with Crippen LogP contribution in [0.25, 0.3) is 0 Å². The molecule has 0 spiro atoms. The topological polar surface area (TPSA) is 37.3 Å². The molecule has 2 heteroatoms. The fraction of sp³-hybridized carbons (Fsp3) is 0.900. The third kappa shape index (κ3) is 3.35. The van der Waals surface area contributed by atoms with Gasteiger partial charge in [0.15, 0.2) is 5.78 Å². The lowest BCUT2D eigenvalue weighted by Crippen LogP contribution is -2.20. The van der Waals surface area contributed by atoms with Crippen LogP contribution in [0.4, 0.5) is 0 Å². The van der Waals surface area contributed by atoms with Gasteiger partial charge in [-0.15, -0.1) is 0 Å². The van der Waals surface area contributed by atoms with Gasteiger partial charge in [0.2, 0.25) is 0 Å². The van der Waals surface area contributed by atoms with E-state index in [4.69, 9.17) is 0 Å². The number of carbonyl (C=O) groups is 1. The summed E-state index contributed by atoms with van der Waals surface area (Å²) in [5.74, 6) is 0.0527. The number of carbonyl (C=O) groups excluding carboxylic acids is 1. The average molecular weight is 170 g/mol. The molecule has 1 fully saturated rings. The highest BCUT2D eigenvalue weighted by Crippen LogP contribution is 2.14. The number of hydrogen-bond acceptors (Lipinski definition) is 2. The van der Waals surface area contributed by atoms with E-state index in [0.717, 1.165) is 19.3 Å². The summed E-state index contributed by atoms with van der Waals surface area (Å²) in [6.07, 6.45) is 7.42. The van der Waals surface area contributed by atoms with Crippen LogP contribution in [0.5, 0.6) is 0 Å². The number of ketones is 1. The van der Waals surface area contributed by atoms with E-state index in [2.05, 4.69) is 0 Å². The molecule has 0 aromatic rings. The quantitative estimate of drug-likeness (QED) is 0.604. The van der Waals surface area contributed by atoms with Crippen molar-refractivity contribution in [3.63, 3.8) is 0 Å². The lowest BCUT2D eigenvalue weighted by atomic mass is 9.98. The summed E-state index contributed by atoms with van der Waals surface area (Å²) in [5, 5.41) is 9.35. The van der Waals surface area contributed by atoms with Crippen LogP contribution in [0.2, 0.25) is 0 Å². The van der Waals surface area contributed by atoms with Crippen LogP contribution in [0.3, 0.4) is 0 Å². The van der Waals surface area contributed by atoms with Crippen LogP contribution in [0.15, 0.2) is 0 Å². The maximum absolute atomic E-state index is 11.2. The van der Waals surface area contributed by atoms with Crippen LogP contribution in [0, 0.1) is 0 Å². The van der Waals surface area contributed by atoms with Crippen molar-refractivity contribution >= 4 is 5.78 Å². The van der Waals surface area contributed by atoms with Gasteiger partial charge in [-0.2, -0.15) is 0 Å². The molecular weight excluding hydrogens is 152 g/mol. The molecular formula is C10H18O2. The Kier molecular flexibility index (Phi) is 4.30. The highest BCUT2D eigenvalue weighted by Gasteiger charge is 2.14. The molecule has 2 nitrogen and oxygen atoms in total. The van der Waals surface area contributed by atoms with Crippen molar-refractivity contribution in [1.29, 1.82) is 0 Å². The predicted molar refractivity (Wildman–Crippen MR) is 47.9 cm³/mol. The summed E-state index contributed by atoms with van der Waals surface area (Å²) in [7, 11) is 0. The van der Waals surface area contributed by atoms with Crippen LogP contribution in [0.1, 0.15) is 51.4 Å². The molecule has 0 aromatic carbocycles. The SMILES string of the molecule is O=C1CCCCCCCCC1O. The Morgan fingerprint density at radius 1 is 1.00 bits per heavy atom. The number of rotatable bonds is 0. The average Bonchev–Trinajstić information content (AvgIpc) is 2.08. The fourth-order valence-corrected chi connectivity index (χ4v) is 1.67. The van der Waals surface area contributed by atoms with Crippen molar-refractivity contribution in [2.24, 2.45) is 0 Å². The molecule has 0 radical (unpaired) electrons. The van der Waals surface area contributed by atoms with Crippen molar-refractivity contribution in [3.05, 3.63) is 0 Å². The molecule has 70 valence electrons. The van der Waals surface area contributed by atoms with Crippen molar-refractivity contribution in [1.82, 2.24) is 0 Å². The minimum Gasteiger partial charge on any atom is -0.385 e. The highest BCUT2D eigenvalue weighted by molar-refractivity contribution is 5.82. The minimum absolute atomic E-state index is 0.0527. The van der Waals surface area contributed by atoms with Gasteiger partial charge in [0, 0.05) is 6.42 Å². The molecule has 1 aliphatic carbocycles. The van der Waals surface area contributed by atoms with Crippen molar-refractivity contribution < 1.29 is 9.90 Å². The lowest BCUT2D eigenvalue weighted by Gasteiger charge is -2.11. The zero-order chi connectivity index (χ0) is 8.81. The highest BCUT2D eigenvalue weighted by atomic mass is 16.3. The van der Waals surface area contributed by atoms with Crippen molar-refractivity contribution in [2.75, 3.05) is 0 Å². The maximum Gasteiger partial charge on any atom is 0.161 e. The van der Waals surface area contributed by atoms with Gasteiger partial charge in [-0.05, 0) is 12.8 Å². The molecule has 1 rings (SSSR count). The Morgan fingerprint density at radius 3 is 2.33 bits per heavy atom. The molecule has 0 aliphatic heterocycles. The van der Waals surface area contributed by atoms with Gasteiger partial charge >= 0.3 is 0 Å². The zero-order valence-electron chi connectivity index (χ0n) is 7.59. The molecule has 0 aromatic heterocycles. The first kappa shape index (κ1) is 9.72. The zero-order valence-corrected chi connectivity index (χ0v) is 7.59. The second-order valence-corrected chi connectivity index (χ2v) is 3.64. The normalized spacial score (nSPS) is 28.4. The monoisotopic (exact) mass is 170 g/mol. The molecule has 1 N–H and O–H groups in total. The predicted octanol–water partition coefficient (Wildman–Crippen LogP) is 2.05. The van der Waals surface area contributed by atoms with Gasteiger partial charge in [-0.25, -0.2) is 0 Å². The summed E-state index contributed by atoms with van der Waals surface area (Å²) < 4.78 is 0. The van der Waals surface area contributed by atoms with E-state index in [1.165, 1.54) is 19.3 Å². The Bertz CT molecular complexity index is 143. The first-order valence-electron chi connectivity index (χ1n) is 5.01. The van der Waals surface area contributed by atoms with Crippen molar-refractivity contribution in [2.45, 2.75) is 57.5 Å². The summed E-state index contributed by atoms with van der Waals surface area (Å²) in [6.45, 7) is 0. The molecule has 1 atom stereocenters. The summed E-state index contributed by atoms with van der Waals surface area (Å²) in [6, 6.07) is 0. The van der Waals surface area contributed by atoms with E-state index in [-0.39, 0.29) is 5.78 Å². The number of aliphatic hydroxyl groups excluding tert-OH is 1. The standard InChI is InChI=1S/C10H18O2/c11-9-7-5-3-1-2-4-6-8-10(9)12/h9,11H,1-8H2. The number of Topliss-reactive ketones (excluding diaryl/α,β-unsaturated/α-hetero) is 1. The number of aliphatic hydroxyl groups is 1. The summed E-state index contributed by atoms with van der Waals surface area (Å²) in [4.78, 5) is 11.2. The molecule has 0 saturated heterocycles. The van der Waals surface area contributed by atoms with E-state index < -0.39 is 6.10 Å². The van der Waals surface area contributed by atoms with E-state index in [0.29, 0.717) is 12.8 Å². The molecule has 0 amide bonds. The molecule has 1 saturated carbocycles.